The molecule has 0 aromatic heterocycles. The van der Waals surface area contributed by atoms with Gasteiger partial charge in [-0.1, -0.05) is 48.5 Å². The summed E-state index contributed by atoms with van der Waals surface area (Å²) in [5.41, 5.74) is 2.30. The average molecular weight is 266 g/mol. The zero-order valence-electron chi connectivity index (χ0n) is 11.3. The number of aliphatic hydroxyl groups is 2. The first-order valence-corrected chi connectivity index (χ1v) is 6.98. The van der Waals surface area contributed by atoms with Crippen LogP contribution in [0.5, 0.6) is 0 Å². The molecular weight excluding hydrogens is 248 g/mol. The maximum Gasteiger partial charge on any atom is 0.0471 e. The van der Waals surface area contributed by atoms with E-state index < -0.39 is 0 Å². The third-order valence-corrected chi connectivity index (χ3v) is 3.79. The molecule has 0 saturated carbocycles. The zero-order valence-corrected chi connectivity index (χ0v) is 11.3. The van der Waals surface area contributed by atoms with Crippen LogP contribution in [0.1, 0.15) is 11.1 Å². The predicted octanol–water partition coefficient (Wildman–Crippen LogP) is 3.06. The van der Waals surface area contributed by atoms with Crippen LogP contribution in [0.15, 0.2) is 48.5 Å². The largest absolute Gasteiger partial charge is 0.396 e. The quantitative estimate of drug-likeness (QED) is 0.712. The molecule has 20 heavy (non-hydrogen) atoms. The second-order valence-corrected chi connectivity index (χ2v) is 5.08. The highest BCUT2D eigenvalue weighted by Crippen LogP contribution is 2.30. The summed E-state index contributed by atoms with van der Waals surface area (Å²) in [7, 11) is 0. The van der Waals surface area contributed by atoms with Crippen molar-refractivity contribution >= 4 is 21.5 Å². The Labute approximate surface area is 118 Å². The Morgan fingerprint density at radius 3 is 2.30 bits per heavy atom. The van der Waals surface area contributed by atoms with Gasteiger partial charge >= 0.3 is 0 Å². The number of rotatable bonds is 4. The van der Waals surface area contributed by atoms with Gasteiger partial charge in [-0.2, -0.15) is 0 Å². The molecule has 2 heteroatoms. The van der Waals surface area contributed by atoms with Crippen LogP contribution < -0.4 is 0 Å². The standard InChI is InChI=1S/C18H18O2/c19-9-7-13-5-6-17-16-4-2-1-3-14(16)12-15(8-10-20)18(17)11-13/h1-6,11-12,19-20H,7-10H2. The summed E-state index contributed by atoms with van der Waals surface area (Å²) >= 11 is 0. The van der Waals surface area contributed by atoms with E-state index in [-0.39, 0.29) is 13.2 Å². The van der Waals surface area contributed by atoms with Crippen molar-refractivity contribution < 1.29 is 10.2 Å². The van der Waals surface area contributed by atoms with Gasteiger partial charge in [-0.25, -0.2) is 0 Å². The second kappa shape index (κ2) is 5.61. The van der Waals surface area contributed by atoms with Crippen molar-refractivity contribution in [3.8, 4) is 0 Å². The van der Waals surface area contributed by atoms with E-state index in [1.54, 1.807) is 0 Å². The van der Waals surface area contributed by atoms with Crippen molar-refractivity contribution in [2.24, 2.45) is 0 Å². The lowest BCUT2D eigenvalue weighted by molar-refractivity contribution is 0.299. The van der Waals surface area contributed by atoms with Crippen LogP contribution in [0, 0.1) is 0 Å². The van der Waals surface area contributed by atoms with E-state index in [0.29, 0.717) is 12.8 Å². The van der Waals surface area contributed by atoms with Gasteiger partial charge in [0.1, 0.15) is 0 Å². The van der Waals surface area contributed by atoms with Crippen LogP contribution in [-0.2, 0) is 12.8 Å². The van der Waals surface area contributed by atoms with E-state index in [0.717, 1.165) is 5.56 Å². The van der Waals surface area contributed by atoms with E-state index in [1.165, 1.54) is 27.1 Å². The van der Waals surface area contributed by atoms with Gasteiger partial charge in [0.25, 0.3) is 0 Å². The number of aliphatic hydroxyl groups excluding tert-OH is 2. The molecule has 0 aliphatic carbocycles. The fourth-order valence-electron chi connectivity index (χ4n) is 2.84. The van der Waals surface area contributed by atoms with Crippen LogP contribution in [0.3, 0.4) is 0 Å². The maximum absolute atomic E-state index is 9.28. The Hall–Kier alpha value is -1.90. The molecule has 0 unspecified atom stereocenters. The van der Waals surface area contributed by atoms with Crippen LogP contribution in [0.25, 0.3) is 21.5 Å². The Morgan fingerprint density at radius 2 is 1.50 bits per heavy atom. The minimum Gasteiger partial charge on any atom is -0.396 e. The molecule has 0 saturated heterocycles. The molecule has 0 radical (unpaired) electrons. The molecule has 3 aromatic rings. The number of fused-ring (bicyclic) bond motifs is 3. The smallest absolute Gasteiger partial charge is 0.0471 e. The molecule has 0 aliphatic rings. The Kier molecular flexibility index (Phi) is 3.68. The Bertz CT molecular complexity index is 747. The van der Waals surface area contributed by atoms with Crippen molar-refractivity contribution in [2.75, 3.05) is 13.2 Å². The van der Waals surface area contributed by atoms with E-state index in [4.69, 9.17) is 5.11 Å². The van der Waals surface area contributed by atoms with Crippen molar-refractivity contribution in [2.45, 2.75) is 12.8 Å². The van der Waals surface area contributed by atoms with Gasteiger partial charge in [0, 0.05) is 13.2 Å². The lowest BCUT2D eigenvalue weighted by Gasteiger charge is -2.11. The number of benzene rings is 3. The Balaban J connectivity index is 2.32. The molecule has 0 aliphatic heterocycles. The highest BCUT2D eigenvalue weighted by molar-refractivity contribution is 6.09. The summed E-state index contributed by atoms with van der Waals surface area (Å²) in [5, 5.41) is 23.2. The molecule has 3 rings (SSSR count). The first-order chi connectivity index (χ1) is 9.83. The summed E-state index contributed by atoms with van der Waals surface area (Å²) in [5.74, 6) is 0. The van der Waals surface area contributed by atoms with Gasteiger partial charge in [-0.05, 0) is 45.5 Å². The highest BCUT2D eigenvalue weighted by atomic mass is 16.3. The van der Waals surface area contributed by atoms with Crippen LogP contribution in [0.2, 0.25) is 0 Å². The molecule has 2 N–H and O–H groups in total. The topological polar surface area (TPSA) is 40.5 Å². The molecule has 0 bridgehead atoms. The van der Waals surface area contributed by atoms with Crippen molar-refractivity contribution in [3.63, 3.8) is 0 Å². The average Bonchev–Trinajstić information content (AvgIpc) is 2.48. The SMILES string of the molecule is OCCc1ccc2c(c1)c(CCO)cc1ccccc12. The third-order valence-electron chi connectivity index (χ3n) is 3.79. The van der Waals surface area contributed by atoms with E-state index in [9.17, 15) is 5.11 Å². The predicted molar refractivity (Wildman–Crippen MR) is 83.0 cm³/mol. The van der Waals surface area contributed by atoms with Gasteiger partial charge in [-0.3, -0.25) is 0 Å². The fraction of sp³-hybridized carbons (Fsp3) is 0.222. The molecule has 0 amide bonds. The first kappa shape index (κ1) is 13.1. The van der Waals surface area contributed by atoms with Crippen LogP contribution in [0.4, 0.5) is 0 Å². The second-order valence-electron chi connectivity index (χ2n) is 5.08. The molecule has 0 atom stereocenters. The summed E-state index contributed by atoms with van der Waals surface area (Å²) in [6.07, 6.45) is 1.32. The van der Waals surface area contributed by atoms with Crippen molar-refractivity contribution in [1.29, 1.82) is 0 Å². The minimum atomic E-state index is 0.150. The molecule has 102 valence electrons. The normalized spacial score (nSPS) is 11.3. The van der Waals surface area contributed by atoms with E-state index in [1.807, 2.05) is 6.07 Å². The number of hydrogen-bond donors (Lipinski definition) is 2. The lowest BCUT2D eigenvalue weighted by Crippen LogP contribution is -1.95. The monoisotopic (exact) mass is 266 g/mol. The van der Waals surface area contributed by atoms with E-state index >= 15 is 0 Å². The molecule has 0 heterocycles. The molecule has 2 nitrogen and oxygen atoms in total. The van der Waals surface area contributed by atoms with Gasteiger partial charge in [-0.15, -0.1) is 0 Å². The summed E-state index contributed by atoms with van der Waals surface area (Å²) in [6, 6.07) is 16.8. The minimum absolute atomic E-state index is 0.150. The van der Waals surface area contributed by atoms with Crippen molar-refractivity contribution in [1.82, 2.24) is 0 Å². The number of hydrogen-bond acceptors (Lipinski definition) is 2. The van der Waals surface area contributed by atoms with Gasteiger partial charge in [0.2, 0.25) is 0 Å². The summed E-state index contributed by atoms with van der Waals surface area (Å²) in [6.45, 7) is 0.312. The van der Waals surface area contributed by atoms with Gasteiger partial charge in [0.05, 0.1) is 0 Å². The Morgan fingerprint density at radius 1 is 0.700 bits per heavy atom. The summed E-state index contributed by atoms with van der Waals surface area (Å²) in [4.78, 5) is 0. The highest BCUT2D eigenvalue weighted by Gasteiger charge is 2.07. The molecular formula is C18H18O2. The first-order valence-electron chi connectivity index (χ1n) is 6.98. The zero-order chi connectivity index (χ0) is 13.9. The van der Waals surface area contributed by atoms with Crippen LogP contribution >= 0.6 is 0 Å². The third kappa shape index (κ3) is 2.28. The van der Waals surface area contributed by atoms with E-state index in [2.05, 4.69) is 42.5 Å². The van der Waals surface area contributed by atoms with Gasteiger partial charge < -0.3 is 10.2 Å². The fourth-order valence-corrected chi connectivity index (χ4v) is 2.84. The molecule has 0 spiro atoms. The molecule has 3 aromatic carbocycles. The summed E-state index contributed by atoms with van der Waals surface area (Å²) < 4.78 is 0. The lowest BCUT2D eigenvalue weighted by atomic mass is 9.94. The van der Waals surface area contributed by atoms with Crippen molar-refractivity contribution in [3.05, 3.63) is 59.7 Å². The maximum atomic E-state index is 9.28. The molecule has 0 fully saturated rings. The van der Waals surface area contributed by atoms with Crippen LogP contribution in [-0.4, -0.2) is 23.4 Å². The van der Waals surface area contributed by atoms with Gasteiger partial charge in [0.15, 0.2) is 0 Å².